The number of aliphatic hydroxyl groups excluding tert-OH is 1. The molecule has 0 saturated carbocycles. The molecule has 1 aliphatic heterocycles. The van der Waals surface area contributed by atoms with Gasteiger partial charge in [0.2, 0.25) is 0 Å². The third kappa shape index (κ3) is 4.09. The van der Waals surface area contributed by atoms with Crippen molar-refractivity contribution >= 4 is 29.1 Å². The molecule has 3 aromatic rings. The highest BCUT2D eigenvalue weighted by molar-refractivity contribution is 6.46. The number of nitrogens with zero attached hydrogens (tertiary/aromatic N) is 4. The summed E-state index contributed by atoms with van der Waals surface area (Å²) in [5.74, 6) is -1.24. The van der Waals surface area contributed by atoms with E-state index in [4.69, 9.17) is 16.3 Å². The Morgan fingerprint density at radius 3 is 2.56 bits per heavy atom. The molecule has 1 amide bonds. The maximum Gasteiger partial charge on any atom is 0.295 e. The van der Waals surface area contributed by atoms with Gasteiger partial charge in [0, 0.05) is 43.4 Å². The highest BCUT2D eigenvalue weighted by Gasteiger charge is 2.45. The van der Waals surface area contributed by atoms with E-state index in [2.05, 4.69) is 9.97 Å². The number of benzene rings is 1. The van der Waals surface area contributed by atoms with Crippen molar-refractivity contribution in [3.63, 3.8) is 0 Å². The number of hydrogen-bond donors (Lipinski definition) is 1. The van der Waals surface area contributed by atoms with E-state index in [0.29, 0.717) is 36.4 Å². The zero-order valence-electron chi connectivity index (χ0n) is 17.3. The zero-order chi connectivity index (χ0) is 22.7. The van der Waals surface area contributed by atoms with Crippen molar-refractivity contribution in [2.24, 2.45) is 0 Å². The molecule has 2 aromatic heterocycles. The molecule has 0 spiro atoms. The van der Waals surface area contributed by atoms with Crippen molar-refractivity contribution in [3.8, 4) is 5.75 Å². The molecule has 32 heavy (non-hydrogen) atoms. The highest BCUT2D eigenvalue weighted by atomic mass is 35.5. The van der Waals surface area contributed by atoms with Crippen LogP contribution < -0.4 is 4.74 Å². The molecule has 1 fully saturated rings. The quantitative estimate of drug-likeness (QED) is 0.335. The van der Waals surface area contributed by atoms with Crippen molar-refractivity contribution in [1.82, 2.24) is 19.4 Å². The molecule has 0 radical (unpaired) electrons. The summed E-state index contributed by atoms with van der Waals surface area (Å²) < 4.78 is 7.05. The Balaban J connectivity index is 1.72. The number of carbonyl (C=O) groups excluding carboxylic acids is 2. The molecule has 0 bridgehead atoms. The van der Waals surface area contributed by atoms with Crippen LogP contribution in [0.3, 0.4) is 0 Å². The summed E-state index contributed by atoms with van der Waals surface area (Å²) in [5.41, 5.74) is 1.03. The average Bonchev–Trinajstić information content (AvgIpc) is 3.41. The second kappa shape index (κ2) is 9.23. The van der Waals surface area contributed by atoms with Gasteiger partial charge >= 0.3 is 0 Å². The molecule has 0 aliphatic carbocycles. The van der Waals surface area contributed by atoms with Crippen LogP contribution in [0.1, 0.15) is 23.6 Å². The van der Waals surface area contributed by atoms with E-state index < -0.39 is 17.7 Å². The Hall–Kier alpha value is -3.65. The normalized spacial score (nSPS) is 17.7. The first-order chi connectivity index (χ1) is 15.5. The van der Waals surface area contributed by atoms with Gasteiger partial charge in [-0.25, -0.2) is 4.98 Å². The van der Waals surface area contributed by atoms with E-state index in [1.54, 1.807) is 49.2 Å². The minimum Gasteiger partial charge on any atom is -0.507 e. The molecule has 1 atom stereocenters. The number of aliphatic hydroxyl groups is 1. The Bertz CT molecular complexity index is 1160. The molecule has 8 nitrogen and oxygen atoms in total. The Morgan fingerprint density at radius 2 is 1.91 bits per heavy atom. The Kier molecular flexibility index (Phi) is 6.23. The maximum absolute atomic E-state index is 13.0. The third-order valence-corrected chi connectivity index (χ3v) is 5.66. The van der Waals surface area contributed by atoms with Crippen molar-refractivity contribution in [2.45, 2.75) is 19.0 Å². The number of pyridine rings is 1. The summed E-state index contributed by atoms with van der Waals surface area (Å²) >= 11 is 6.21. The molecule has 3 heterocycles. The van der Waals surface area contributed by atoms with Crippen molar-refractivity contribution in [3.05, 3.63) is 83.2 Å². The number of imidazole rings is 1. The fourth-order valence-corrected chi connectivity index (χ4v) is 4.07. The maximum atomic E-state index is 13.0. The number of likely N-dealkylation sites (tertiary alicyclic amines) is 1. The van der Waals surface area contributed by atoms with Crippen LogP contribution in [-0.4, -0.2) is 49.9 Å². The monoisotopic (exact) mass is 452 g/mol. The number of hydrogen-bond acceptors (Lipinski definition) is 6. The van der Waals surface area contributed by atoms with Gasteiger partial charge in [0.1, 0.15) is 11.5 Å². The van der Waals surface area contributed by atoms with E-state index in [1.165, 1.54) is 18.1 Å². The summed E-state index contributed by atoms with van der Waals surface area (Å²) in [4.78, 5) is 35.5. The summed E-state index contributed by atoms with van der Waals surface area (Å²) in [6.07, 6.45) is 9.00. The average molecular weight is 453 g/mol. The Labute approximate surface area is 189 Å². The smallest absolute Gasteiger partial charge is 0.295 e. The van der Waals surface area contributed by atoms with Crippen LogP contribution in [0.2, 0.25) is 5.02 Å². The topological polar surface area (TPSA) is 97.6 Å². The van der Waals surface area contributed by atoms with Crippen molar-refractivity contribution in [1.29, 1.82) is 0 Å². The minimum absolute atomic E-state index is 0.0186. The van der Waals surface area contributed by atoms with Gasteiger partial charge in [-0.3, -0.25) is 14.6 Å². The van der Waals surface area contributed by atoms with Gasteiger partial charge in [-0.1, -0.05) is 11.6 Å². The first-order valence-corrected chi connectivity index (χ1v) is 10.4. The lowest BCUT2D eigenvalue weighted by Crippen LogP contribution is -2.31. The number of amides is 1. The standard InChI is InChI=1S/C23H21ClN4O4/c1-32-18-4-3-16(13-17(18)24)21(29)19-20(15-5-7-25-8-6-15)28(23(31)22(19)30)11-2-10-27-12-9-26-14-27/h3-9,12-14,20,29H,2,10-11H2,1H3/b21-19+/t20-/m0/s1. The molecule has 1 saturated heterocycles. The van der Waals surface area contributed by atoms with Gasteiger partial charge in [0.05, 0.1) is 30.1 Å². The van der Waals surface area contributed by atoms with Crippen LogP contribution in [0.5, 0.6) is 5.75 Å². The molecule has 0 unspecified atom stereocenters. The third-order valence-electron chi connectivity index (χ3n) is 5.36. The predicted octanol–water partition coefficient (Wildman–Crippen LogP) is 3.45. The lowest BCUT2D eigenvalue weighted by molar-refractivity contribution is -0.139. The number of aromatic nitrogens is 3. The van der Waals surface area contributed by atoms with Crippen LogP contribution >= 0.6 is 11.6 Å². The first-order valence-electron chi connectivity index (χ1n) is 9.99. The number of ether oxygens (including phenoxy) is 1. The van der Waals surface area contributed by atoms with E-state index in [0.717, 1.165) is 0 Å². The van der Waals surface area contributed by atoms with Crippen LogP contribution in [0, 0.1) is 0 Å². The molecular weight excluding hydrogens is 432 g/mol. The second-order valence-electron chi connectivity index (χ2n) is 7.28. The molecule has 164 valence electrons. The van der Waals surface area contributed by atoms with Crippen LogP contribution in [0.25, 0.3) is 5.76 Å². The summed E-state index contributed by atoms with van der Waals surface area (Å²) in [7, 11) is 1.49. The molecule has 1 aromatic carbocycles. The second-order valence-corrected chi connectivity index (χ2v) is 7.68. The Morgan fingerprint density at radius 1 is 1.12 bits per heavy atom. The lowest BCUT2D eigenvalue weighted by Gasteiger charge is -2.25. The number of rotatable bonds is 7. The SMILES string of the molecule is COc1ccc(/C(O)=C2\C(=O)C(=O)N(CCCn3ccnc3)[C@H]2c2ccncc2)cc1Cl. The van der Waals surface area contributed by atoms with Crippen LogP contribution in [0.4, 0.5) is 0 Å². The summed E-state index contributed by atoms with van der Waals surface area (Å²) in [5, 5.41) is 11.4. The van der Waals surface area contributed by atoms with Gasteiger partial charge in [0.15, 0.2) is 0 Å². The van der Waals surface area contributed by atoms with Gasteiger partial charge in [-0.15, -0.1) is 0 Å². The number of ketones is 1. The largest absolute Gasteiger partial charge is 0.507 e. The fraction of sp³-hybridized carbons (Fsp3) is 0.217. The first kappa shape index (κ1) is 21.6. The zero-order valence-corrected chi connectivity index (χ0v) is 18.1. The minimum atomic E-state index is -0.737. The van der Waals surface area contributed by atoms with Crippen LogP contribution in [0.15, 0.2) is 67.0 Å². The molecular formula is C23H21ClN4O4. The highest BCUT2D eigenvalue weighted by Crippen LogP contribution is 2.40. The molecule has 1 aliphatic rings. The van der Waals surface area contributed by atoms with Crippen LogP contribution in [-0.2, 0) is 16.1 Å². The summed E-state index contributed by atoms with van der Waals surface area (Å²) in [6, 6.07) is 7.42. The van der Waals surface area contributed by atoms with E-state index in [-0.39, 0.29) is 16.4 Å². The lowest BCUT2D eigenvalue weighted by atomic mass is 9.96. The number of aryl methyl sites for hydroxylation is 1. The number of carbonyl (C=O) groups is 2. The van der Waals surface area contributed by atoms with Crippen molar-refractivity contribution < 1.29 is 19.4 Å². The van der Waals surface area contributed by atoms with Crippen molar-refractivity contribution in [2.75, 3.05) is 13.7 Å². The number of methoxy groups -OCH3 is 1. The van der Waals surface area contributed by atoms with Gasteiger partial charge in [-0.2, -0.15) is 0 Å². The van der Waals surface area contributed by atoms with Gasteiger partial charge in [-0.05, 0) is 42.3 Å². The molecule has 1 N–H and O–H groups in total. The van der Waals surface area contributed by atoms with E-state index >= 15 is 0 Å². The number of Topliss-reactive ketones (excluding diaryl/α,β-unsaturated/α-hetero) is 1. The predicted molar refractivity (Wildman–Crippen MR) is 118 cm³/mol. The van der Waals surface area contributed by atoms with Gasteiger partial charge < -0.3 is 19.3 Å². The van der Waals surface area contributed by atoms with Gasteiger partial charge in [0.25, 0.3) is 11.7 Å². The van der Waals surface area contributed by atoms with E-state index in [9.17, 15) is 14.7 Å². The number of halogens is 1. The molecule has 9 heteroatoms. The summed E-state index contributed by atoms with van der Waals surface area (Å²) in [6.45, 7) is 0.968. The van der Waals surface area contributed by atoms with E-state index in [1.807, 2.05) is 10.8 Å². The molecule has 4 rings (SSSR count). The fourth-order valence-electron chi connectivity index (χ4n) is 3.81.